The van der Waals surface area contributed by atoms with Gasteiger partial charge in [-0.25, -0.2) is 0 Å². The number of anilines is 1. The lowest BCUT2D eigenvalue weighted by Gasteiger charge is -2.45. The van der Waals surface area contributed by atoms with E-state index in [1.807, 2.05) is 71.3 Å². The largest absolute Gasteiger partial charge is 0.497 e. The van der Waals surface area contributed by atoms with Gasteiger partial charge in [-0.2, -0.15) is 11.8 Å². The Morgan fingerprint density at radius 1 is 0.977 bits per heavy atom. The second-order valence-electron chi connectivity index (χ2n) is 12.6. The van der Waals surface area contributed by atoms with Crippen molar-refractivity contribution in [2.24, 2.45) is 11.3 Å². The van der Waals surface area contributed by atoms with E-state index in [0.717, 1.165) is 28.3 Å². The molecule has 4 aromatic rings. The molecule has 2 aliphatic rings. The van der Waals surface area contributed by atoms with E-state index < -0.39 is 5.54 Å². The van der Waals surface area contributed by atoms with Crippen LogP contribution in [0.1, 0.15) is 55.8 Å². The average molecular weight is 596 g/mol. The van der Waals surface area contributed by atoms with Crippen LogP contribution in [0.25, 0.3) is 10.9 Å². The lowest BCUT2D eigenvalue weighted by atomic mass is 9.87. The molecule has 7 heteroatoms. The Morgan fingerprint density at radius 3 is 2.35 bits per heavy atom. The molecule has 2 heterocycles. The molecule has 1 aliphatic heterocycles. The van der Waals surface area contributed by atoms with Gasteiger partial charge in [0, 0.05) is 35.2 Å². The van der Waals surface area contributed by atoms with Gasteiger partial charge in [-0.05, 0) is 90.0 Å². The molecule has 0 unspecified atom stereocenters. The topological polar surface area (TPSA) is 74.4 Å². The number of hydrogen-bond acceptors (Lipinski definition) is 4. The molecule has 43 heavy (non-hydrogen) atoms. The number of carbonyl (C=O) groups excluding carboxylic acids is 2. The van der Waals surface area contributed by atoms with Gasteiger partial charge in [0.1, 0.15) is 11.3 Å². The number of rotatable bonds is 9. The molecule has 2 amide bonds. The summed E-state index contributed by atoms with van der Waals surface area (Å²) in [7, 11) is 1.63. The molecular weight excluding hydrogens is 554 g/mol. The summed E-state index contributed by atoms with van der Waals surface area (Å²) in [6.07, 6.45) is 1.66. The van der Waals surface area contributed by atoms with E-state index in [-0.39, 0.29) is 29.1 Å². The Hall–Kier alpha value is -3.71. The monoisotopic (exact) mass is 595 g/mol. The first-order chi connectivity index (χ1) is 20.7. The summed E-state index contributed by atoms with van der Waals surface area (Å²) in [6.45, 7) is 7.11. The van der Waals surface area contributed by atoms with Crippen molar-refractivity contribution in [1.29, 1.82) is 0 Å². The summed E-state index contributed by atoms with van der Waals surface area (Å²) < 4.78 is 5.30. The van der Waals surface area contributed by atoms with Crippen molar-refractivity contribution in [3.05, 3.63) is 95.7 Å². The fourth-order valence-electron chi connectivity index (χ4n) is 7.19. The number of fused-ring (bicyclic) bond motifs is 1. The number of hydrogen-bond donors (Lipinski definition) is 2. The van der Waals surface area contributed by atoms with Crippen molar-refractivity contribution in [3.8, 4) is 5.75 Å². The van der Waals surface area contributed by atoms with Gasteiger partial charge in [0.25, 0.3) is 0 Å². The first-order valence-electron chi connectivity index (χ1n) is 15.2. The molecule has 2 N–H and O–H groups in total. The Bertz CT molecular complexity index is 1610. The minimum atomic E-state index is -0.927. The van der Waals surface area contributed by atoms with Crippen LogP contribution in [-0.4, -0.2) is 45.9 Å². The highest BCUT2D eigenvalue weighted by atomic mass is 32.2. The second kappa shape index (κ2) is 11.8. The van der Waals surface area contributed by atoms with E-state index in [1.54, 1.807) is 7.11 Å². The van der Waals surface area contributed by atoms with Crippen molar-refractivity contribution in [3.63, 3.8) is 0 Å². The van der Waals surface area contributed by atoms with Crippen molar-refractivity contribution in [1.82, 2.24) is 9.88 Å². The number of carbonyl (C=O) groups is 2. The van der Waals surface area contributed by atoms with Crippen molar-refractivity contribution >= 4 is 40.2 Å². The van der Waals surface area contributed by atoms with Gasteiger partial charge < -0.3 is 19.9 Å². The smallest absolute Gasteiger partial charge is 0.250 e. The highest BCUT2D eigenvalue weighted by Gasteiger charge is 2.60. The van der Waals surface area contributed by atoms with Gasteiger partial charge in [0.2, 0.25) is 11.8 Å². The number of thioether (sulfide) groups is 1. The number of methoxy groups -OCH3 is 1. The lowest BCUT2D eigenvalue weighted by Crippen LogP contribution is -2.60. The molecule has 2 fully saturated rings. The molecule has 6 nitrogen and oxygen atoms in total. The zero-order valence-corrected chi connectivity index (χ0v) is 26.3. The van der Waals surface area contributed by atoms with Crippen LogP contribution < -0.4 is 10.1 Å². The summed E-state index contributed by atoms with van der Waals surface area (Å²) in [4.78, 5) is 34.4. The summed E-state index contributed by atoms with van der Waals surface area (Å²) in [5.74, 6) is 2.81. The minimum Gasteiger partial charge on any atom is -0.497 e. The zero-order valence-electron chi connectivity index (χ0n) is 25.5. The number of nitrogens with zero attached hydrogens (tertiary/aromatic N) is 1. The number of para-hydroxylation sites is 1. The van der Waals surface area contributed by atoms with Crippen LogP contribution in [0.5, 0.6) is 5.75 Å². The molecule has 1 aliphatic carbocycles. The molecule has 0 bridgehead atoms. The molecule has 1 saturated heterocycles. The fraction of sp³-hybridized carbons (Fsp3) is 0.389. The predicted octanol–water partition coefficient (Wildman–Crippen LogP) is 7.55. The Balaban J connectivity index is 1.32. The molecule has 0 spiro atoms. The van der Waals surface area contributed by atoms with Crippen molar-refractivity contribution in [2.45, 2.75) is 58.0 Å². The van der Waals surface area contributed by atoms with Crippen molar-refractivity contribution in [2.75, 3.05) is 23.9 Å². The van der Waals surface area contributed by atoms with E-state index in [1.165, 1.54) is 16.6 Å². The molecule has 224 valence electrons. The predicted molar refractivity (Wildman–Crippen MR) is 176 cm³/mol. The zero-order chi connectivity index (χ0) is 30.2. The maximum atomic E-state index is 14.6. The maximum Gasteiger partial charge on any atom is 0.250 e. The van der Waals surface area contributed by atoms with Gasteiger partial charge in [0.15, 0.2) is 0 Å². The third-order valence-electron chi connectivity index (χ3n) is 9.79. The Labute approximate surface area is 258 Å². The van der Waals surface area contributed by atoms with Crippen LogP contribution in [0, 0.1) is 18.3 Å². The number of benzene rings is 3. The normalized spacial score (nSPS) is 20.4. The molecule has 0 radical (unpaired) electrons. The number of nitrogens with one attached hydrogen (secondary N) is 2. The van der Waals surface area contributed by atoms with Gasteiger partial charge >= 0.3 is 0 Å². The van der Waals surface area contributed by atoms with E-state index in [0.29, 0.717) is 31.5 Å². The molecule has 2 atom stereocenters. The first-order valence-corrected chi connectivity index (χ1v) is 16.3. The Morgan fingerprint density at radius 2 is 1.65 bits per heavy atom. The highest BCUT2D eigenvalue weighted by molar-refractivity contribution is 7.99. The van der Waals surface area contributed by atoms with Crippen LogP contribution in [-0.2, 0) is 16.1 Å². The van der Waals surface area contributed by atoms with Gasteiger partial charge in [-0.1, -0.05) is 62.4 Å². The third kappa shape index (κ3) is 5.55. The van der Waals surface area contributed by atoms with Crippen LogP contribution >= 0.6 is 11.8 Å². The number of H-pyrrole nitrogens is 1. The molecular formula is C36H41N3O3S. The minimum absolute atomic E-state index is 0.0231. The summed E-state index contributed by atoms with van der Waals surface area (Å²) in [5.41, 5.74) is 4.43. The Kier molecular flexibility index (Phi) is 8.03. The van der Waals surface area contributed by atoms with E-state index >= 15 is 0 Å². The number of aromatic nitrogens is 1. The standard InChI is InChI=1S/C36H41N3O3S/c1-24-32(28-12-8-9-13-30(28)37-24)33-29(35(33,2)3)22-31(40)39(23-25-10-6-5-7-11-25)36(18-20-43-21-19-36)34(41)38-26-14-16-27(42-4)17-15-26/h5-17,29,33,37H,18-23H2,1-4H3,(H,38,41)/t29-,33-/m1/s1. The number of aryl methyl sites for hydroxylation is 1. The number of aromatic amines is 1. The average Bonchev–Trinajstić information content (AvgIpc) is 3.37. The van der Waals surface area contributed by atoms with Crippen LogP contribution in [0.15, 0.2) is 78.9 Å². The third-order valence-corrected chi connectivity index (χ3v) is 10.8. The molecule has 1 saturated carbocycles. The van der Waals surface area contributed by atoms with Crippen LogP contribution in [0.2, 0.25) is 0 Å². The first kappa shape index (κ1) is 29.4. The van der Waals surface area contributed by atoms with Gasteiger partial charge in [0.05, 0.1) is 7.11 Å². The van der Waals surface area contributed by atoms with E-state index in [4.69, 9.17) is 4.74 Å². The van der Waals surface area contributed by atoms with Crippen molar-refractivity contribution < 1.29 is 14.3 Å². The maximum absolute atomic E-state index is 14.6. The number of amides is 2. The fourth-order valence-corrected chi connectivity index (χ4v) is 8.36. The number of ether oxygens (including phenoxy) is 1. The van der Waals surface area contributed by atoms with Crippen LogP contribution in [0.3, 0.4) is 0 Å². The molecule has 6 rings (SSSR count). The van der Waals surface area contributed by atoms with Gasteiger partial charge in [-0.15, -0.1) is 0 Å². The summed E-state index contributed by atoms with van der Waals surface area (Å²) in [5, 5.41) is 4.41. The van der Waals surface area contributed by atoms with E-state index in [2.05, 4.69) is 55.3 Å². The summed E-state index contributed by atoms with van der Waals surface area (Å²) in [6, 6.07) is 25.9. The van der Waals surface area contributed by atoms with Gasteiger partial charge in [-0.3, -0.25) is 9.59 Å². The molecule has 1 aromatic heterocycles. The van der Waals surface area contributed by atoms with Crippen LogP contribution in [0.4, 0.5) is 5.69 Å². The molecule has 3 aromatic carbocycles. The SMILES string of the molecule is COc1ccc(NC(=O)C2(N(Cc3ccccc3)C(=O)C[C@@H]3[C@H](c4c(C)[nH]c5ccccc45)C3(C)C)CCSCC2)cc1. The van der Waals surface area contributed by atoms with E-state index in [9.17, 15) is 9.59 Å². The highest BCUT2D eigenvalue weighted by Crippen LogP contribution is 2.67. The second-order valence-corrected chi connectivity index (χ2v) is 13.8. The quantitative estimate of drug-likeness (QED) is 0.210. The summed E-state index contributed by atoms with van der Waals surface area (Å²) >= 11 is 1.85. The lowest BCUT2D eigenvalue weighted by molar-refractivity contribution is -0.147.